The second-order valence-electron chi connectivity index (χ2n) is 5.62. The molecule has 0 fully saturated rings. The van der Waals surface area contributed by atoms with Crippen molar-refractivity contribution in [1.29, 1.82) is 0 Å². The molecule has 1 heterocycles. The SMILES string of the molecule is CCNCc1cc(C)nc(C(OC)C(C)(C)C)n1. The Morgan fingerprint density at radius 1 is 1.33 bits per heavy atom. The van der Waals surface area contributed by atoms with Crippen LogP contribution in [0.4, 0.5) is 0 Å². The highest BCUT2D eigenvalue weighted by atomic mass is 16.5. The van der Waals surface area contributed by atoms with Crippen LogP contribution >= 0.6 is 0 Å². The number of aromatic nitrogens is 2. The van der Waals surface area contributed by atoms with Crippen LogP contribution in [0, 0.1) is 12.3 Å². The van der Waals surface area contributed by atoms with E-state index in [1.807, 2.05) is 13.0 Å². The minimum atomic E-state index is -0.0854. The number of hydrogen-bond acceptors (Lipinski definition) is 4. The molecule has 1 rings (SSSR count). The third-order valence-corrected chi connectivity index (χ3v) is 2.74. The van der Waals surface area contributed by atoms with Crippen LogP contribution in [-0.2, 0) is 11.3 Å². The van der Waals surface area contributed by atoms with Crippen molar-refractivity contribution in [2.45, 2.75) is 47.3 Å². The van der Waals surface area contributed by atoms with E-state index in [0.29, 0.717) is 0 Å². The maximum absolute atomic E-state index is 5.57. The Balaban J connectivity index is 3.04. The highest BCUT2D eigenvalue weighted by Gasteiger charge is 2.28. The molecule has 1 unspecified atom stereocenters. The van der Waals surface area contributed by atoms with Crippen LogP contribution in [0.25, 0.3) is 0 Å². The molecule has 4 nitrogen and oxygen atoms in total. The van der Waals surface area contributed by atoms with Crippen molar-refractivity contribution in [1.82, 2.24) is 15.3 Å². The molecule has 0 saturated carbocycles. The van der Waals surface area contributed by atoms with Gasteiger partial charge in [0.05, 0.1) is 5.69 Å². The summed E-state index contributed by atoms with van der Waals surface area (Å²) in [5, 5.41) is 3.28. The first-order valence-electron chi connectivity index (χ1n) is 6.46. The first-order valence-corrected chi connectivity index (χ1v) is 6.46. The second-order valence-corrected chi connectivity index (χ2v) is 5.62. The van der Waals surface area contributed by atoms with E-state index >= 15 is 0 Å². The number of methoxy groups -OCH3 is 1. The van der Waals surface area contributed by atoms with Gasteiger partial charge < -0.3 is 10.1 Å². The lowest BCUT2D eigenvalue weighted by molar-refractivity contribution is 0.00838. The summed E-state index contributed by atoms with van der Waals surface area (Å²) in [4.78, 5) is 9.13. The molecule has 0 saturated heterocycles. The third-order valence-electron chi connectivity index (χ3n) is 2.74. The van der Waals surface area contributed by atoms with Gasteiger partial charge in [-0.2, -0.15) is 0 Å². The van der Waals surface area contributed by atoms with Gasteiger partial charge in [0.1, 0.15) is 6.10 Å². The predicted molar refractivity (Wildman–Crippen MR) is 73.4 cm³/mol. The molecule has 1 N–H and O–H groups in total. The number of rotatable bonds is 5. The standard InChI is InChI=1S/C14H25N3O/c1-7-15-9-11-8-10(2)16-13(17-11)12(18-6)14(3,4)5/h8,12,15H,7,9H2,1-6H3. The summed E-state index contributed by atoms with van der Waals surface area (Å²) in [5.41, 5.74) is 1.99. The maximum Gasteiger partial charge on any atom is 0.158 e. The van der Waals surface area contributed by atoms with Crippen LogP contribution in [-0.4, -0.2) is 23.6 Å². The van der Waals surface area contributed by atoms with Crippen molar-refractivity contribution in [3.05, 3.63) is 23.3 Å². The smallest absolute Gasteiger partial charge is 0.158 e. The second kappa shape index (κ2) is 6.25. The number of hydrogen-bond donors (Lipinski definition) is 1. The van der Waals surface area contributed by atoms with E-state index in [0.717, 1.165) is 30.3 Å². The van der Waals surface area contributed by atoms with Gasteiger partial charge in [-0.1, -0.05) is 27.7 Å². The summed E-state index contributed by atoms with van der Waals surface area (Å²) < 4.78 is 5.57. The molecule has 0 spiro atoms. The van der Waals surface area contributed by atoms with Crippen LogP contribution in [0.15, 0.2) is 6.07 Å². The van der Waals surface area contributed by atoms with Crippen LogP contribution in [0.2, 0.25) is 0 Å². The fourth-order valence-electron chi connectivity index (χ4n) is 1.97. The largest absolute Gasteiger partial charge is 0.373 e. The summed E-state index contributed by atoms with van der Waals surface area (Å²) >= 11 is 0. The molecule has 1 atom stereocenters. The molecule has 0 aliphatic heterocycles. The van der Waals surface area contributed by atoms with Gasteiger partial charge in [-0.25, -0.2) is 9.97 Å². The minimum Gasteiger partial charge on any atom is -0.373 e. The molecule has 102 valence electrons. The average Bonchev–Trinajstić information content (AvgIpc) is 2.24. The molecule has 0 amide bonds. The van der Waals surface area contributed by atoms with Gasteiger partial charge in [-0.15, -0.1) is 0 Å². The first-order chi connectivity index (χ1) is 8.38. The molecule has 1 aromatic rings. The lowest BCUT2D eigenvalue weighted by Gasteiger charge is -2.28. The third kappa shape index (κ3) is 4.03. The van der Waals surface area contributed by atoms with E-state index in [4.69, 9.17) is 4.74 Å². The lowest BCUT2D eigenvalue weighted by Crippen LogP contribution is -2.24. The highest BCUT2D eigenvalue weighted by Crippen LogP contribution is 2.33. The van der Waals surface area contributed by atoms with Gasteiger partial charge in [-0.05, 0) is 24.9 Å². The number of nitrogens with one attached hydrogen (secondary N) is 1. The molecular formula is C14H25N3O. The zero-order valence-electron chi connectivity index (χ0n) is 12.4. The number of aryl methyl sites for hydroxylation is 1. The minimum absolute atomic E-state index is 0.0159. The van der Waals surface area contributed by atoms with Gasteiger partial charge in [-0.3, -0.25) is 0 Å². The molecule has 0 aliphatic carbocycles. The average molecular weight is 251 g/mol. The molecule has 18 heavy (non-hydrogen) atoms. The normalized spacial score (nSPS) is 13.7. The van der Waals surface area contributed by atoms with E-state index in [2.05, 4.69) is 43.0 Å². The number of nitrogens with zero attached hydrogens (tertiary/aromatic N) is 2. The zero-order valence-corrected chi connectivity index (χ0v) is 12.4. The van der Waals surface area contributed by atoms with Crippen molar-refractivity contribution in [2.24, 2.45) is 5.41 Å². The van der Waals surface area contributed by atoms with Crippen molar-refractivity contribution in [2.75, 3.05) is 13.7 Å². The Morgan fingerprint density at radius 2 is 2.00 bits per heavy atom. The Hall–Kier alpha value is -1.00. The Morgan fingerprint density at radius 3 is 2.50 bits per heavy atom. The predicted octanol–water partition coefficient (Wildman–Crippen LogP) is 2.63. The fourth-order valence-corrected chi connectivity index (χ4v) is 1.97. The van der Waals surface area contributed by atoms with Gasteiger partial charge in [0.15, 0.2) is 5.82 Å². The quantitative estimate of drug-likeness (QED) is 0.874. The summed E-state index contributed by atoms with van der Waals surface area (Å²) in [6.07, 6.45) is -0.0854. The summed E-state index contributed by atoms with van der Waals surface area (Å²) in [6, 6.07) is 2.02. The lowest BCUT2D eigenvalue weighted by atomic mass is 9.88. The first kappa shape index (κ1) is 15.1. The highest BCUT2D eigenvalue weighted by molar-refractivity contribution is 5.12. The zero-order chi connectivity index (χ0) is 13.8. The van der Waals surface area contributed by atoms with Gasteiger partial charge in [0, 0.05) is 19.3 Å². The van der Waals surface area contributed by atoms with Gasteiger partial charge in [0.2, 0.25) is 0 Å². The maximum atomic E-state index is 5.57. The Bertz CT molecular complexity index is 385. The fraction of sp³-hybridized carbons (Fsp3) is 0.714. The Kier molecular flexibility index (Phi) is 5.23. The molecule has 0 aliphatic rings. The Labute approximate surface area is 110 Å². The molecular weight excluding hydrogens is 226 g/mol. The molecule has 0 bridgehead atoms. The molecule has 4 heteroatoms. The summed E-state index contributed by atoms with van der Waals surface area (Å²) in [5.74, 6) is 0.776. The van der Waals surface area contributed by atoms with Crippen LogP contribution in [0.3, 0.4) is 0 Å². The van der Waals surface area contributed by atoms with Crippen LogP contribution in [0.5, 0.6) is 0 Å². The van der Waals surface area contributed by atoms with Crippen LogP contribution < -0.4 is 5.32 Å². The van der Waals surface area contributed by atoms with Crippen molar-refractivity contribution in [3.63, 3.8) is 0 Å². The van der Waals surface area contributed by atoms with Crippen LogP contribution in [0.1, 0.15) is 51.0 Å². The molecule has 1 aromatic heterocycles. The van der Waals surface area contributed by atoms with E-state index in [1.54, 1.807) is 7.11 Å². The molecule has 0 radical (unpaired) electrons. The van der Waals surface area contributed by atoms with E-state index in [-0.39, 0.29) is 11.5 Å². The van der Waals surface area contributed by atoms with Gasteiger partial charge in [0.25, 0.3) is 0 Å². The van der Waals surface area contributed by atoms with Crippen molar-refractivity contribution >= 4 is 0 Å². The van der Waals surface area contributed by atoms with Crippen molar-refractivity contribution in [3.8, 4) is 0 Å². The number of ether oxygens (including phenoxy) is 1. The topological polar surface area (TPSA) is 47.0 Å². The van der Waals surface area contributed by atoms with E-state index in [1.165, 1.54) is 0 Å². The van der Waals surface area contributed by atoms with E-state index < -0.39 is 0 Å². The summed E-state index contributed by atoms with van der Waals surface area (Å²) in [6.45, 7) is 12.2. The van der Waals surface area contributed by atoms with Crippen molar-refractivity contribution < 1.29 is 4.74 Å². The summed E-state index contributed by atoms with van der Waals surface area (Å²) in [7, 11) is 1.71. The van der Waals surface area contributed by atoms with Gasteiger partial charge >= 0.3 is 0 Å². The van der Waals surface area contributed by atoms with E-state index in [9.17, 15) is 0 Å². The monoisotopic (exact) mass is 251 g/mol. The molecule has 0 aromatic carbocycles.